The van der Waals surface area contributed by atoms with E-state index in [4.69, 9.17) is 9.26 Å². The van der Waals surface area contributed by atoms with Gasteiger partial charge < -0.3 is 14.2 Å². The summed E-state index contributed by atoms with van der Waals surface area (Å²) in [5, 5.41) is 4.23. The van der Waals surface area contributed by atoms with Gasteiger partial charge in [0.15, 0.2) is 0 Å². The SMILES string of the molecule is CCc1cc(-c2noc(-c3cc(C)nc(N(CC)CC)c3)n2)cc(C)c1OCCNS(=O)(=O)N(C)C. The molecule has 0 fully saturated rings. The zero-order valence-electron chi connectivity index (χ0n) is 22.1. The first kappa shape index (κ1) is 27.6. The maximum Gasteiger partial charge on any atom is 0.279 e. The van der Waals surface area contributed by atoms with Crippen molar-refractivity contribution in [3.05, 3.63) is 41.1 Å². The Hall–Kier alpha value is -3.02. The molecule has 0 atom stereocenters. The molecule has 0 saturated carbocycles. The van der Waals surface area contributed by atoms with Crippen LogP contribution in [0.5, 0.6) is 5.75 Å². The predicted octanol–water partition coefficient (Wildman–Crippen LogP) is 3.60. The minimum Gasteiger partial charge on any atom is -0.492 e. The lowest BCUT2D eigenvalue weighted by Gasteiger charge is -2.20. The summed E-state index contributed by atoms with van der Waals surface area (Å²) in [5.41, 5.74) is 4.43. The van der Waals surface area contributed by atoms with Crippen LogP contribution in [0.25, 0.3) is 22.8 Å². The molecule has 0 aliphatic carbocycles. The highest BCUT2D eigenvalue weighted by Crippen LogP contribution is 2.31. The number of rotatable bonds is 12. The van der Waals surface area contributed by atoms with Crippen LogP contribution >= 0.6 is 0 Å². The molecule has 10 nitrogen and oxygen atoms in total. The molecule has 36 heavy (non-hydrogen) atoms. The maximum absolute atomic E-state index is 11.9. The van der Waals surface area contributed by atoms with E-state index in [9.17, 15) is 8.42 Å². The second-order valence-corrected chi connectivity index (χ2v) is 10.6. The van der Waals surface area contributed by atoms with Gasteiger partial charge in [0.2, 0.25) is 5.82 Å². The first-order valence-corrected chi connectivity index (χ1v) is 13.5. The zero-order valence-corrected chi connectivity index (χ0v) is 22.9. The Kier molecular flexibility index (Phi) is 9.04. The summed E-state index contributed by atoms with van der Waals surface area (Å²) >= 11 is 0. The molecule has 0 unspecified atom stereocenters. The van der Waals surface area contributed by atoms with Crippen LogP contribution in [-0.2, 0) is 16.6 Å². The van der Waals surface area contributed by atoms with Gasteiger partial charge in [-0.05, 0) is 69.5 Å². The third-order valence-electron chi connectivity index (χ3n) is 5.80. The van der Waals surface area contributed by atoms with Crippen LogP contribution in [0.2, 0.25) is 0 Å². The average Bonchev–Trinajstić information content (AvgIpc) is 3.33. The van der Waals surface area contributed by atoms with Crippen molar-refractivity contribution in [2.24, 2.45) is 0 Å². The molecule has 196 valence electrons. The number of hydrogen-bond donors (Lipinski definition) is 1. The fraction of sp³-hybridized carbons (Fsp3) is 0.480. The van der Waals surface area contributed by atoms with Crippen molar-refractivity contribution >= 4 is 16.0 Å². The standard InChI is InChI=1S/C25H36N6O4S/c1-8-19-15-20(13-17(4)23(19)34-12-11-26-36(32,33)30(6)7)24-28-25(35-29-24)21-14-18(5)27-22(16-21)31(9-2)10-3/h13-16,26H,8-12H2,1-7H3. The highest BCUT2D eigenvalue weighted by atomic mass is 32.2. The molecule has 0 radical (unpaired) electrons. The normalized spacial score (nSPS) is 11.8. The van der Waals surface area contributed by atoms with Crippen LogP contribution in [0.15, 0.2) is 28.8 Å². The van der Waals surface area contributed by atoms with E-state index in [1.54, 1.807) is 0 Å². The van der Waals surface area contributed by atoms with Crippen molar-refractivity contribution < 1.29 is 17.7 Å². The minimum absolute atomic E-state index is 0.167. The van der Waals surface area contributed by atoms with Crippen LogP contribution in [0.1, 0.15) is 37.6 Å². The van der Waals surface area contributed by atoms with Crippen molar-refractivity contribution in [1.29, 1.82) is 0 Å². The number of anilines is 1. The molecule has 1 aromatic carbocycles. The molecule has 0 amide bonds. The third-order valence-corrected chi connectivity index (χ3v) is 7.33. The molecule has 0 aliphatic heterocycles. The van der Waals surface area contributed by atoms with Gasteiger partial charge in [-0.15, -0.1) is 0 Å². The van der Waals surface area contributed by atoms with E-state index in [1.807, 2.05) is 45.0 Å². The van der Waals surface area contributed by atoms with E-state index in [2.05, 4.69) is 38.6 Å². The highest BCUT2D eigenvalue weighted by molar-refractivity contribution is 7.87. The first-order chi connectivity index (χ1) is 17.1. The topological polar surface area (TPSA) is 114 Å². The van der Waals surface area contributed by atoms with Gasteiger partial charge in [0.05, 0.1) is 0 Å². The Bertz CT molecular complexity index is 1290. The summed E-state index contributed by atoms with van der Waals surface area (Å²) in [6.45, 7) is 12.2. The van der Waals surface area contributed by atoms with E-state index >= 15 is 0 Å². The summed E-state index contributed by atoms with van der Waals surface area (Å²) < 4.78 is 38.9. The molecule has 0 spiro atoms. The largest absolute Gasteiger partial charge is 0.492 e. The van der Waals surface area contributed by atoms with Gasteiger partial charge in [0.1, 0.15) is 18.2 Å². The quantitative estimate of drug-likeness (QED) is 0.363. The van der Waals surface area contributed by atoms with Crippen LogP contribution < -0.4 is 14.4 Å². The summed E-state index contributed by atoms with van der Waals surface area (Å²) in [7, 11) is -0.532. The number of ether oxygens (including phenoxy) is 1. The molecule has 3 rings (SSSR count). The van der Waals surface area contributed by atoms with E-state index in [0.29, 0.717) is 11.7 Å². The Morgan fingerprint density at radius 3 is 2.36 bits per heavy atom. The van der Waals surface area contributed by atoms with E-state index in [0.717, 1.165) is 63.3 Å². The molecule has 11 heteroatoms. The molecule has 1 N–H and O–H groups in total. The van der Waals surface area contributed by atoms with Crippen molar-refractivity contribution in [3.8, 4) is 28.6 Å². The predicted molar refractivity (Wildman–Crippen MR) is 141 cm³/mol. The summed E-state index contributed by atoms with van der Waals surface area (Å²) in [5.74, 6) is 2.55. The Morgan fingerprint density at radius 2 is 1.72 bits per heavy atom. The summed E-state index contributed by atoms with van der Waals surface area (Å²) in [6, 6.07) is 7.85. The van der Waals surface area contributed by atoms with E-state index in [1.165, 1.54) is 14.1 Å². The van der Waals surface area contributed by atoms with Crippen LogP contribution in [0.4, 0.5) is 5.82 Å². The van der Waals surface area contributed by atoms with Gasteiger partial charge in [-0.2, -0.15) is 22.4 Å². The number of nitrogens with zero attached hydrogens (tertiary/aromatic N) is 5. The van der Waals surface area contributed by atoms with E-state index in [-0.39, 0.29) is 13.2 Å². The smallest absolute Gasteiger partial charge is 0.279 e. The molecular formula is C25H36N6O4S. The number of aryl methyl sites for hydroxylation is 3. The Labute approximate surface area is 213 Å². The fourth-order valence-corrected chi connectivity index (χ4v) is 4.44. The van der Waals surface area contributed by atoms with Gasteiger partial charge in [-0.1, -0.05) is 12.1 Å². The van der Waals surface area contributed by atoms with Crippen LogP contribution in [-0.4, -0.2) is 68.2 Å². The molecule has 0 saturated heterocycles. The van der Waals surface area contributed by atoms with Crippen molar-refractivity contribution in [2.45, 2.75) is 41.0 Å². The van der Waals surface area contributed by atoms with Gasteiger partial charge in [-0.25, -0.2) is 4.98 Å². The lowest BCUT2D eigenvalue weighted by molar-refractivity contribution is 0.316. The van der Waals surface area contributed by atoms with Crippen molar-refractivity contribution in [2.75, 3.05) is 45.2 Å². The monoisotopic (exact) mass is 516 g/mol. The van der Waals surface area contributed by atoms with Gasteiger partial charge in [0, 0.05) is 50.6 Å². The molecular weight excluding hydrogens is 480 g/mol. The van der Waals surface area contributed by atoms with Gasteiger partial charge in [-0.3, -0.25) is 0 Å². The average molecular weight is 517 g/mol. The third kappa shape index (κ3) is 6.40. The lowest BCUT2D eigenvalue weighted by atomic mass is 10.0. The number of nitrogens with one attached hydrogen (secondary N) is 1. The number of aromatic nitrogens is 3. The highest BCUT2D eigenvalue weighted by Gasteiger charge is 2.17. The van der Waals surface area contributed by atoms with Crippen LogP contribution in [0, 0.1) is 13.8 Å². The summed E-state index contributed by atoms with van der Waals surface area (Å²) in [4.78, 5) is 11.5. The second kappa shape index (κ2) is 11.8. The summed E-state index contributed by atoms with van der Waals surface area (Å²) in [6.07, 6.45) is 0.731. The fourth-order valence-electron chi connectivity index (χ4n) is 3.84. The number of pyridine rings is 1. The van der Waals surface area contributed by atoms with E-state index < -0.39 is 10.2 Å². The van der Waals surface area contributed by atoms with Crippen molar-refractivity contribution in [1.82, 2.24) is 24.2 Å². The van der Waals surface area contributed by atoms with Gasteiger partial charge in [0.25, 0.3) is 16.1 Å². The number of hydrogen-bond acceptors (Lipinski definition) is 8. The molecule has 0 aliphatic rings. The van der Waals surface area contributed by atoms with Gasteiger partial charge >= 0.3 is 0 Å². The Morgan fingerprint density at radius 1 is 1.00 bits per heavy atom. The van der Waals surface area contributed by atoms with Crippen LogP contribution in [0.3, 0.4) is 0 Å². The second-order valence-electron chi connectivity index (χ2n) is 8.62. The molecule has 0 bridgehead atoms. The number of benzene rings is 1. The molecule has 3 aromatic rings. The Balaban J connectivity index is 1.82. The molecule has 2 aromatic heterocycles. The minimum atomic E-state index is -3.49. The van der Waals surface area contributed by atoms with Crippen molar-refractivity contribution in [3.63, 3.8) is 0 Å². The first-order valence-electron chi connectivity index (χ1n) is 12.1. The zero-order chi connectivity index (χ0) is 26.5. The maximum atomic E-state index is 11.9. The lowest BCUT2D eigenvalue weighted by Crippen LogP contribution is -2.37. The molecule has 2 heterocycles.